The summed E-state index contributed by atoms with van der Waals surface area (Å²) in [5.74, 6) is -0.976. The van der Waals surface area contributed by atoms with E-state index in [9.17, 15) is 13.6 Å². The first kappa shape index (κ1) is 18.4. The van der Waals surface area contributed by atoms with Gasteiger partial charge in [0, 0.05) is 23.9 Å². The highest BCUT2D eigenvalue weighted by atomic mass is 19.1. The molecule has 2 atom stereocenters. The van der Waals surface area contributed by atoms with Crippen molar-refractivity contribution in [2.75, 3.05) is 13.7 Å². The number of carbonyl (C=O) groups excluding carboxylic acids is 1. The Kier molecular flexibility index (Phi) is 6.74. The highest BCUT2D eigenvalue weighted by Gasteiger charge is 2.35. The number of ether oxygens (including phenoxy) is 2. The van der Waals surface area contributed by atoms with Gasteiger partial charge in [-0.15, -0.1) is 0 Å². The van der Waals surface area contributed by atoms with Gasteiger partial charge < -0.3 is 15.2 Å². The molecule has 22 heavy (non-hydrogen) atoms. The summed E-state index contributed by atoms with van der Waals surface area (Å²) in [7, 11) is 1.41. The number of esters is 1. The van der Waals surface area contributed by atoms with Gasteiger partial charge in [0.25, 0.3) is 0 Å². The van der Waals surface area contributed by atoms with Gasteiger partial charge in [0.2, 0.25) is 6.36 Å². The number of halogens is 2. The van der Waals surface area contributed by atoms with Crippen LogP contribution in [-0.4, -0.2) is 26.0 Å². The average molecular weight is 315 g/mol. The molecule has 1 aromatic carbocycles. The van der Waals surface area contributed by atoms with E-state index in [0.717, 1.165) is 0 Å². The smallest absolute Gasteiger partial charge is 0.309 e. The summed E-state index contributed by atoms with van der Waals surface area (Å²) in [5.41, 5.74) is 4.90. The summed E-state index contributed by atoms with van der Waals surface area (Å²) in [5, 5.41) is 0. The Labute approximate surface area is 129 Å². The molecule has 0 amide bonds. The number of alkyl halides is 1. The van der Waals surface area contributed by atoms with Gasteiger partial charge in [0.1, 0.15) is 11.6 Å². The Hall–Kier alpha value is -1.69. The lowest BCUT2D eigenvalue weighted by Gasteiger charge is -2.29. The highest BCUT2D eigenvalue weighted by Crippen LogP contribution is 2.36. The van der Waals surface area contributed by atoms with Gasteiger partial charge in [0.05, 0.1) is 13.5 Å². The number of methoxy groups -OCH3 is 1. The molecular formula is C16H23F2NO3. The quantitative estimate of drug-likeness (QED) is 0.749. The molecule has 0 aromatic heterocycles. The van der Waals surface area contributed by atoms with Crippen molar-refractivity contribution in [2.45, 2.75) is 44.9 Å². The molecule has 0 bridgehead atoms. The van der Waals surface area contributed by atoms with Gasteiger partial charge in [-0.3, -0.25) is 4.79 Å². The number of carbonyl (C=O) groups is 1. The maximum absolute atomic E-state index is 14.2. The van der Waals surface area contributed by atoms with Crippen LogP contribution in [-0.2, 0) is 14.9 Å². The van der Waals surface area contributed by atoms with Crippen LogP contribution in [0.2, 0.25) is 0 Å². The van der Waals surface area contributed by atoms with Crippen molar-refractivity contribution < 1.29 is 23.0 Å². The third-order valence-electron chi connectivity index (χ3n) is 3.56. The Morgan fingerprint density at radius 3 is 2.68 bits per heavy atom. The predicted octanol–water partition coefficient (Wildman–Crippen LogP) is 3.08. The van der Waals surface area contributed by atoms with Gasteiger partial charge in [0.15, 0.2) is 0 Å². The normalized spacial score (nSPS) is 15.0. The number of rotatable bonds is 8. The van der Waals surface area contributed by atoms with Gasteiger partial charge >= 0.3 is 5.97 Å². The average Bonchev–Trinajstić information content (AvgIpc) is 2.46. The molecular weight excluding hydrogens is 292 g/mol. The molecule has 0 saturated heterocycles. The first-order valence-electron chi connectivity index (χ1n) is 7.24. The predicted molar refractivity (Wildman–Crippen MR) is 79.9 cm³/mol. The number of hydrogen-bond donors (Lipinski definition) is 1. The van der Waals surface area contributed by atoms with Crippen molar-refractivity contribution >= 4 is 5.97 Å². The molecule has 124 valence electrons. The first-order chi connectivity index (χ1) is 10.4. The topological polar surface area (TPSA) is 61.5 Å². The summed E-state index contributed by atoms with van der Waals surface area (Å²) in [6, 6.07) is 4.37. The van der Waals surface area contributed by atoms with E-state index in [0.29, 0.717) is 12.2 Å². The lowest BCUT2D eigenvalue weighted by atomic mass is 9.78. The highest BCUT2D eigenvalue weighted by molar-refractivity contribution is 5.72. The van der Waals surface area contributed by atoms with Crippen LogP contribution < -0.4 is 10.5 Å². The van der Waals surface area contributed by atoms with Crippen LogP contribution in [0.3, 0.4) is 0 Å². The molecule has 0 radical (unpaired) electrons. The maximum atomic E-state index is 14.2. The van der Waals surface area contributed by atoms with E-state index in [1.807, 2.05) is 0 Å². The van der Waals surface area contributed by atoms with E-state index < -0.39 is 23.6 Å². The molecule has 0 fully saturated rings. The fourth-order valence-corrected chi connectivity index (χ4v) is 2.31. The minimum absolute atomic E-state index is 0.00980. The monoisotopic (exact) mass is 315 g/mol. The van der Waals surface area contributed by atoms with Crippen molar-refractivity contribution in [3.8, 4) is 5.75 Å². The van der Waals surface area contributed by atoms with E-state index in [-0.39, 0.29) is 24.9 Å². The van der Waals surface area contributed by atoms with E-state index in [4.69, 9.17) is 15.2 Å². The molecule has 0 heterocycles. The van der Waals surface area contributed by atoms with Crippen LogP contribution in [0.25, 0.3) is 0 Å². The molecule has 0 aliphatic rings. The van der Waals surface area contributed by atoms with E-state index >= 15 is 0 Å². The second-order valence-corrected chi connectivity index (χ2v) is 5.45. The molecule has 1 aromatic rings. The molecule has 1 rings (SSSR count). The van der Waals surface area contributed by atoms with Crippen LogP contribution in [0.5, 0.6) is 5.75 Å². The van der Waals surface area contributed by atoms with Crippen LogP contribution >= 0.6 is 0 Å². The molecule has 6 heteroatoms. The lowest BCUT2D eigenvalue weighted by Crippen LogP contribution is -2.36. The summed E-state index contributed by atoms with van der Waals surface area (Å²) in [6.45, 7) is 3.40. The Morgan fingerprint density at radius 2 is 2.14 bits per heavy atom. The number of nitrogens with two attached hydrogens (primary N) is 1. The maximum Gasteiger partial charge on any atom is 0.309 e. The summed E-state index contributed by atoms with van der Waals surface area (Å²) in [6.07, 6.45) is -1.19. The Morgan fingerprint density at radius 1 is 1.45 bits per heavy atom. The van der Waals surface area contributed by atoms with Crippen molar-refractivity contribution in [2.24, 2.45) is 5.73 Å². The third kappa shape index (κ3) is 4.40. The minimum Gasteiger partial charge on any atom is -0.496 e. The fourth-order valence-electron chi connectivity index (χ4n) is 2.31. The van der Waals surface area contributed by atoms with Crippen LogP contribution in [0, 0.1) is 5.82 Å². The van der Waals surface area contributed by atoms with Gasteiger partial charge in [-0.25, -0.2) is 8.78 Å². The minimum atomic E-state index is -1.65. The number of benzene rings is 1. The molecule has 2 N–H and O–H groups in total. The molecule has 2 unspecified atom stereocenters. The molecule has 0 aliphatic carbocycles. The lowest BCUT2D eigenvalue weighted by molar-refractivity contribution is -0.159. The SMILES string of the molecule is CCCC(F)OC(=O)CC(C)(CN)c1c(F)cccc1OC. The molecule has 0 spiro atoms. The van der Waals surface area contributed by atoms with Gasteiger partial charge in [-0.2, -0.15) is 0 Å². The Balaban J connectivity index is 3.00. The zero-order valence-electron chi connectivity index (χ0n) is 13.2. The van der Waals surface area contributed by atoms with Gasteiger partial charge in [-0.1, -0.05) is 19.9 Å². The zero-order chi connectivity index (χ0) is 16.8. The molecule has 4 nitrogen and oxygen atoms in total. The third-order valence-corrected chi connectivity index (χ3v) is 3.56. The summed E-state index contributed by atoms with van der Waals surface area (Å²) >= 11 is 0. The van der Waals surface area contributed by atoms with Crippen LogP contribution in [0.15, 0.2) is 18.2 Å². The van der Waals surface area contributed by atoms with Crippen molar-refractivity contribution in [1.29, 1.82) is 0 Å². The van der Waals surface area contributed by atoms with Crippen molar-refractivity contribution in [3.05, 3.63) is 29.6 Å². The molecule has 0 saturated carbocycles. The number of hydrogen-bond acceptors (Lipinski definition) is 4. The van der Waals surface area contributed by atoms with Crippen LogP contribution in [0.4, 0.5) is 8.78 Å². The van der Waals surface area contributed by atoms with E-state index in [1.54, 1.807) is 19.9 Å². The summed E-state index contributed by atoms with van der Waals surface area (Å²) in [4.78, 5) is 11.9. The standard InChI is InChI=1S/C16H23F2NO3/c1-4-6-13(18)22-14(20)9-16(2,10-19)15-11(17)7-5-8-12(15)21-3/h5,7-8,13H,4,6,9-10,19H2,1-3H3. The second-order valence-electron chi connectivity index (χ2n) is 5.45. The van der Waals surface area contributed by atoms with Crippen molar-refractivity contribution in [3.63, 3.8) is 0 Å². The van der Waals surface area contributed by atoms with E-state index in [1.165, 1.54) is 19.2 Å². The van der Waals surface area contributed by atoms with Crippen LogP contribution in [0.1, 0.15) is 38.7 Å². The first-order valence-corrected chi connectivity index (χ1v) is 7.24. The fraction of sp³-hybridized carbons (Fsp3) is 0.562. The second kappa shape index (κ2) is 8.08. The summed E-state index contributed by atoms with van der Waals surface area (Å²) < 4.78 is 37.4. The Bertz CT molecular complexity index is 510. The van der Waals surface area contributed by atoms with E-state index in [2.05, 4.69) is 0 Å². The zero-order valence-corrected chi connectivity index (χ0v) is 13.2. The largest absolute Gasteiger partial charge is 0.496 e. The molecule has 0 aliphatic heterocycles. The van der Waals surface area contributed by atoms with Gasteiger partial charge in [-0.05, 0) is 18.6 Å². The van der Waals surface area contributed by atoms with Crippen molar-refractivity contribution in [1.82, 2.24) is 0 Å².